The Balaban J connectivity index is 1.49. The number of nitrogens with one attached hydrogen (secondary N) is 3. The highest BCUT2D eigenvalue weighted by Crippen LogP contribution is 2.39. The van der Waals surface area contributed by atoms with Gasteiger partial charge in [0.1, 0.15) is 18.3 Å². The Kier molecular flexibility index (Phi) is 9.45. The quantitative estimate of drug-likeness (QED) is 0.273. The molecule has 3 saturated heterocycles. The van der Waals surface area contributed by atoms with Gasteiger partial charge >= 0.3 is 17.9 Å². The minimum absolute atomic E-state index is 0.190. The number of ether oxygens (including phenoxy) is 3. The largest absolute Gasteiger partial charge is 0.462 e. The van der Waals surface area contributed by atoms with Crippen LogP contribution in [0.15, 0.2) is 0 Å². The van der Waals surface area contributed by atoms with Crippen LogP contribution in [0, 0.1) is 17.8 Å². The van der Waals surface area contributed by atoms with E-state index < -0.39 is 18.3 Å². The second-order valence-corrected chi connectivity index (χ2v) is 18.5. The summed E-state index contributed by atoms with van der Waals surface area (Å²) in [6.07, 6.45) is 2.85. The first kappa shape index (κ1) is 35.1. The molecule has 0 aromatic carbocycles. The van der Waals surface area contributed by atoms with Crippen LogP contribution in [0.1, 0.15) is 134 Å². The van der Waals surface area contributed by atoms with Crippen molar-refractivity contribution in [1.29, 1.82) is 0 Å². The first-order valence-corrected chi connectivity index (χ1v) is 16.8. The summed E-state index contributed by atoms with van der Waals surface area (Å²) in [6, 6.07) is 0. The SMILES string of the molecule is CC1(C)CC(C(=O)OC2CC(OC(=O)C3CC(C)(C)NC(C)(C)C3)C(OC(=O)C3CC(C)(C)NC(C)(C)C3)C2)CC(C)(C)N1. The number of piperidine rings is 3. The molecule has 1 saturated carbocycles. The lowest BCUT2D eigenvalue weighted by atomic mass is 9.76. The number of rotatable bonds is 6. The third kappa shape index (κ3) is 9.18. The Morgan fingerprint density at radius 1 is 0.432 bits per heavy atom. The van der Waals surface area contributed by atoms with Gasteiger partial charge in [-0.15, -0.1) is 0 Å². The first-order chi connectivity index (χ1) is 19.8. The molecule has 44 heavy (non-hydrogen) atoms. The van der Waals surface area contributed by atoms with E-state index in [-0.39, 0.29) is 68.9 Å². The fourth-order valence-electron chi connectivity index (χ4n) is 9.48. The molecule has 4 fully saturated rings. The summed E-state index contributed by atoms with van der Waals surface area (Å²) in [6.45, 7) is 25.3. The second-order valence-electron chi connectivity index (χ2n) is 18.5. The van der Waals surface area contributed by atoms with Gasteiger partial charge in [-0.05, 0) is 122 Å². The van der Waals surface area contributed by atoms with Crippen LogP contribution in [0.3, 0.4) is 0 Å². The van der Waals surface area contributed by atoms with Crippen LogP contribution < -0.4 is 16.0 Å². The maximum atomic E-state index is 13.6. The van der Waals surface area contributed by atoms with E-state index in [0.29, 0.717) is 51.4 Å². The summed E-state index contributed by atoms with van der Waals surface area (Å²) in [5, 5.41) is 10.9. The van der Waals surface area contributed by atoms with Gasteiger partial charge in [-0.3, -0.25) is 14.4 Å². The maximum Gasteiger partial charge on any atom is 0.309 e. The van der Waals surface area contributed by atoms with E-state index in [1.54, 1.807) is 0 Å². The Bertz CT molecular complexity index is 1000. The fraction of sp³-hybridized carbons (Fsp3) is 0.914. The van der Waals surface area contributed by atoms with Gasteiger partial charge in [0, 0.05) is 46.1 Å². The lowest BCUT2D eigenvalue weighted by Crippen LogP contribution is -2.59. The lowest BCUT2D eigenvalue weighted by Gasteiger charge is -2.46. The van der Waals surface area contributed by atoms with Gasteiger partial charge in [0.15, 0.2) is 0 Å². The summed E-state index contributed by atoms with van der Waals surface area (Å²) >= 11 is 0. The van der Waals surface area contributed by atoms with Crippen molar-refractivity contribution in [1.82, 2.24) is 16.0 Å². The molecule has 3 aliphatic heterocycles. The molecule has 1 aliphatic carbocycles. The highest BCUT2D eigenvalue weighted by atomic mass is 16.6. The molecular formula is C35H61N3O6. The average molecular weight is 620 g/mol. The molecule has 0 amide bonds. The van der Waals surface area contributed by atoms with Gasteiger partial charge in [0.25, 0.3) is 0 Å². The van der Waals surface area contributed by atoms with Gasteiger partial charge in [-0.1, -0.05) is 0 Å². The first-order valence-electron chi connectivity index (χ1n) is 16.8. The number of hydrogen-bond donors (Lipinski definition) is 3. The van der Waals surface area contributed by atoms with Crippen molar-refractivity contribution in [2.75, 3.05) is 0 Å². The van der Waals surface area contributed by atoms with Crippen LogP contribution in [0.5, 0.6) is 0 Å². The van der Waals surface area contributed by atoms with Crippen LogP contribution in [0.4, 0.5) is 0 Å². The molecule has 252 valence electrons. The van der Waals surface area contributed by atoms with Crippen molar-refractivity contribution in [3.8, 4) is 0 Å². The molecule has 0 radical (unpaired) electrons. The molecule has 0 bridgehead atoms. The highest BCUT2D eigenvalue weighted by Gasteiger charge is 2.49. The average Bonchev–Trinajstić information content (AvgIpc) is 3.13. The van der Waals surface area contributed by atoms with Gasteiger partial charge in [-0.25, -0.2) is 0 Å². The Morgan fingerprint density at radius 2 is 0.659 bits per heavy atom. The number of carbonyl (C=O) groups excluding carboxylic acids is 3. The van der Waals surface area contributed by atoms with Crippen LogP contribution in [0.2, 0.25) is 0 Å². The lowest BCUT2D eigenvalue weighted by molar-refractivity contribution is -0.173. The van der Waals surface area contributed by atoms with E-state index in [1.807, 2.05) is 0 Å². The van der Waals surface area contributed by atoms with E-state index in [2.05, 4.69) is 99.0 Å². The van der Waals surface area contributed by atoms with E-state index >= 15 is 0 Å². The van der Waals surface area contributed by atoms with Crippen LogP contribution in [0.25, 0.3) is 0 Å². The summed E-state index contributed by atoms with van der Waals surface area (Å²) in [7, 11) is 0. The molecule has 9 nitrogen and oxygen atoms in total. The third-order valence-corrected chi connectivity index (χ3v) is 9.79. The Morgan fingerprint density at radius 3 is 0.909 bits per heavy atom. The fourth-order valence-corrected chi connectivity index (χ4v) is 9.48. The molecule has 0 spiro atoms. The number of hydrogen-bond acceptors (Lipinski definition) is 9. The van der Waals surface area contributed by atoms with E-state index in [4.69, 9.17) is 14.2 Å². The van der Waals surface area contributed by atoms with E-state index in [0.717, 1.165) is 0 Å². The van der Waals surface area contributed by atoms with E-state index in [9.17, 15) is 14.4 Å². The van der Waals surface area contributed by atoms with Crippen molar-refractivity contribution in [3.63, 3.8) is 0 Å². The predicted molar refractivity (Wildman–Crippen MR) is 171 cm³/mol. The molecule has 3 N–H and O–H groups in total. The molecule has 2 atom stereocenters. The monoisotopic (exact) mass is 619 g/mol. The van der Waals surface area contributed by atoms with Crippen LogP contribution in [-0.4, -0.2) is 69.5 Å². The van der Waals surface area contributed by atoms with Gasteiger partial charge in [0.05, 0.1) is 17.8 Å². The third-order valence-electron chi connectivity index (χ3n) is 9.79. The van der Waals surface area contributed by atoms with Crippen molar-refractivity contribution in [3.05, 3.63) is 0 Å². The van der Waals surface area contributed by atoms with Crippen molar-refractivity contribution < 1.29 is 28.6 Å². The predicted octanol–water partition coefficient (Wildman–Crippen LogP) is 5.19. The summed E-state index contributed by atoms with van der Waals surface area (Å²) in [5.74, 6) is -1.54. The number of esters is 3. The van der Waals surface area contributed by atoms with Crippen molar-refractivity contribution in [2.24, 2.45) is 17.8 Å². The Hall–Kier alpha value is -1.71. The van der Waals surface area contributed by atoms with E-state index in [1.165, 1.54) is 0 Å². The normalized spacial score (nSPS) is 32.9. The Labute approximate surface area is 266 Å². The smallest absolute Gasteiger partial charge is 0.309 e. The molecule has 0 aromatic heterocycles. The zero-order valence-electron chi connectivity index (χ0n) is 29.6. The molecule has 4 rings (SSSR count). The summed E-state index contributed by atoms with van der Waals surface area (Å²) in [4.78, 5) is 40.8. The molecule has 2 unspecified atom stereocenters. The van der Waals surface area contributed by atoms with Crippen molar-refractivity contribution in [2.45, 2.75) is 186 Å². The maximum absolute atomic E-state index is 13.6. The number of carbonyl (C=O) groups is 3. The molecule has 4 aliphatic rings. The minimum Gasteiger partial charge on any atom is -0.462 e. The van der Waals surface area contributed by atoms with Gasteiger partial charge in [-0.2, -0.15) is 0 Å². The zero-order chi connectivity index (χ0) is 33.1. The second kappa shape index (κ2) is 11.8. The van der Waals surface area contributed by atoms with Crippen LogP contribution in [-0.2, 0) is 28.6 Å². The standard InChI is InChI=1S/C35H61N3O6/c1-30(2)15-21(16-31(3,4)36-30)27(39)42-24-13-25(43-28(40)22-17-32(5,6)37-33(7,8)18-22)26(14-24)44-29(41)23-19-34(9,10)38-35(11,12)20-23/h21-26,36-38H,13-20H2,1-12H3. The minimum atomic E-state index is -0.658. The van der Waals surface area contributed by atoms with Gasteiger partial charge in [0.2, 0.25) is 0 Å². The summed E-state index contributed by atoms with van der Waals surface area (Å²) in [5.41, 5.74) is -1.23. The van der Waals surface area contributed by atoms with Crippen LogP contribution >= 0.6 is 0 Å². The van der Waals surface area contributed by atoms with Crippen molar-refractivity contribution >= 4 is 17.9 Å². The molecule has 9 heteroatoms. The molecular weight excluding hydrogens is 558 g/mol. The highest BCUT2D eigenvalue weighted by molar-refractivity contribution is 5.75. The summed E-state index contributed by atoms with van der Waals surface area (Å²) < 4.78 is 18.5. The topological polar surface area (TPSA) is 115 Å². The zero-order valence-corrected chi connectivity index (χ0v) is 29.6. The molecule has 0 aromatic rings. The van der Waals surface area contributed by atoms with Gasteiger partial charge < -0.3 is 30.2 Å². The molecule has 3 heterocycles.